The first-order valence-electron chi connectivity index (χ1n) is 13.2. The van der Waals surface area contributed by atoms with Crippen LogP contribution in [0.15, 0.2) is 95.5 Å². The van der Waals surface area contributed by atoms with Crippen LogP contribution in [0.3, 0.4) is 0 Å². The molecule has 1 atom stereocenters. The molecular weight excluding hydrogens is 588 g/mol. The lowest BCUT2D eigenvalue weighted by Crippen LogP contribution is -2.30. The first kappa shape index (κ1) is 30.3. The molecule has 0 aliphatic heterocycles. The molecule has 6 nitrogen and oxygen atoms in total. The van der Waals surface area contributed by atoms with Crippen LogP contribution >= 0.6 is 0 Å². The Morgan fingerprint density at radius 2 is 1.39 bits per heavy atom. The standard InChI is InChI=1S/C32H23F6N3O3/c1-18-39-30(44-41-18)27(13-19-7-9-21(10-8-19)20-5-3-2-4-6-20)40-29(43)26-16-22(11-12-28(26)42)23-14-24(31(33,34)35)17-25(15-23)32(36,37)38/h2-12,14-17,27,42H,13H2,1H3,(H,40,43). The number of aromatic hydroxyl groups is 1. The van der Waals surface area contributed by atoms with Gasteiger partial charge in [-0.25, -0.2) is 0 Å². The van der Waals surface area contributed by atoms with Crippen molar-refractivity contribution in [3.63, 3.8) is 0 Å². The number of carbonyl (C=O) groups excluding carboxylic acids is 1. The SMILES string of the molecule is Cc1noc(C(Cc2ccc(-c3ccccc3)cc2)NC(=O)c2cc(-c3cc(C(F)(F)F)cc(C(F)(F)F)c3)ccc2O)n1. The van der Waals surface area contributed by atoms with Gasteiger partial charge in [0.15, 0.2) is 5.82 Å². The number of carbonyl (C=O) groups is 1. The van der Waals surface area contributed by atoms with E-state index < -0.39 is 46.7 Å². The molecule has 226 valence electrons. The third kappa shape index (κ3) is 6.91. The minimum atomic E-state index is -5.05. The van der Waals surface area contributed by atoms with Crippen LogP contribution in [0.1, 0.15) is 44.8 Å². The number of phenolic OH excluding ortho intramolecular Hbond substituents is 1. The molecule has 1 unspecified atom stereocenters. The van der Waals surface area contributed by atoms with E-state index in [4.69, 9.17) is 4.52 Å². The van der Waals surface area contributed by atoms with E-state index in [-0.39, 0.29) is 29.5 Å². The van der Waals surface area contributed by atoms with Gasteiger partial charge in [-0.15, -0.1) is 0 Å². The van der Waals surface area contributed by atoms with Crippen molar-refractivity contribution in [3.8, 4) is 28.0 Å². The fourth-order valence-electron chi connectivity index (χ4n) is 4.61. The van der Waals surface area contributed by atoms with Crippen molar-refractivity contribution in [2.45, 2.75) is 31.7 Å². The van der Waals surface area contributed by atoms with Gasteiger partial charge in [0.25, 0.3) is 5.91 Å². The summed E-state index contributed by atoms with van der Waals surface area (Å²) < 4.78 is 85.8. The molecule has 5 aromatic rings. The second-order valence-corrected chi connectivity index (χ2v) is 10.00. The smallest absolute Gasteiger partial charge is 0.416 e. The highest BCUT2D eigenvalue weighted by Gasteiger charge is 2.37. The zero-order chi connectivity index (χ0) is 31.6. The molecule has 0 bridgehead atoms. The van der Waals surface area contributed by atoms with Crippen molar-refractivity contribution in [2.75, 3.05) is 0 Å². The monoisotopic (exact) mass is 611 g/mol. The normalized spacial score (nSPS) is 12.6. The number of aryl methyl sites for hydroxylation is 1. The number of nitrogens with zero attached hydrogens (tertiary/aromatic N) is 2. The Hall–Kier alpha value is -5.13. The average molecular weight is 612 g/mol. The maximum atomic E-state index is 13.4. The van der Waals surface area contributed by atoms with E-state index in [1.807, 2.05) is 54.6 Å². The van der Waals surface area contributed by atoms with Crippen LogP contribution in [0, 0.1) is 6.92 Å². The first-order valence-corrected chi connectivity index (χ1v) is 13.2. The molecule has 4 aromatic carbocycles. The van der Waals surface area contributed by atoms with E-state index in [1.165, 1.54) is 0 Å². The Morgan fingerprint density at radius 3 is 1.95 bits per heavy atom. The van der Waals surface area contributed by atoms with Crippen molar-refractivity contribution >= 4 is 5.91 Å². The molecule has 0 spiro atoms. The molecule has 1 aromatic heterocycles. The molecule has 0 aliphatic carbocycles. The topological polar surface area (TPSA) is 88.2 Å². The molecule has 0 aliphatic rings. The molecule has 0 fully saturated rings. The summed E-state index contributed by atoms with van der Waals surface area (Å²) in [5, 5.41) is 16.9. The van der Waals surface area contributed by atoms with E-state index in [0.717, 1.165) is 34.9 Å². The highest BCUT2D eigenvalue weighted by Crippen LogP contribution is 2.39. The summed E-state index contributed by atoms with van der Waals surface area (Å²) in [5.74, 6) is -1.05. The van der Waals surface area contributed by atoms with Gasteiger partial charge in [0.05, 0.1) is 16.7 Å². The molecule has 5 rings (SSSR count). The molecule has 1 heterocycles. The van der Waals surface area contributed by atoms with Crippen molar-refractivity contribution in [2.24, 2.45) is 0 Å². The first-order chi connectivity index (χ1) is 20.8. The Balaban J connectivity index is 1.45. The predicted molar refractivity (Wildman–Crippen MR) is 148 cm³/mol. The number of halogens is 6. The molecule has 2 N–H and O–H groups in total. The largest absolute Gasteiger partial charge is 0.507 e. The summed E-state index contributed by atoms with van der Waals surface area (Å²) in [7, 11) is 0. The van der Waals surface area contributed by atoms with E-state index >= 15 is 0 Å². The van der Waals surface area contributed by atoms with E-state index in [2.05, 4.69) is 15.5 Å². The van der Waals surface area contributed by atoms with Crippen LogP contribution in [0.5, 0.6) is 5.75 Å². The average Bonchev–Trinajstić information content (AvgIpc) is 3.43. The van der Waals surface area contributed by atoms with E-state index in [1.54, 1.807) is 6.92 Å². The van der Waals surface area contributed by atoms with Crippen LogP contribution in [0.25, 0.3) is 22.3 Å². The van der Waals surface area contributed by atoms with Gasteiger partial charge in [0, 0.05) is 6.42 Å². The summed E-state index contributed by atoms with van der Waals surface area (Å²) >= 11 is 0. The Kier molecular flexibility index (Phi) is 8.18. The summed E-state index contributed by atoms with van der Waals surface area (Å²) in [6.45, 7) is 1.58. The van der Waals surface area contributed by atoms with Gasteiger partial charge in [-0.1, -0.05) is 65.8 Å². The molecule has 0 saturated heterocycles. The van der Waals surface area contributed by atoms with E-state index in [9.17, 15) is 36.2 Å². The van der Waals surface area contributed by atoms with Crippen molar-refractivity contribution in [1.82, 2.24) is 15.5 Å². The molecule has 1 amide bonds. The zero-order valence-electron chi connectivity index (χ0n) is 22.9. The van der Waals surface area contributed by atoms with Crippen molar-refractivity contribution < 1.29 is 40.8 Å². The quantitative estimate of drug-likeness (QED) is 0.181. The number of amides is 1. The lowest BCUT2D eigenvalue weighted by molar-refractivity contribution is -0.143. The molecular formula is C32H23F6N3O3. The summed E-state index contributed by atoms with van der Waals surface area (Å²) in [5.41, 5.74) is -1.22. The maximum absolute atomic E-state index is 13.4. The van der Waals surface area contributed by atoms with Crippen LogP contribution in [0.4, 0.5) is 26.3 Å². The Bertz CT molecular complexity index is 1750. The fraction of sp³-hybridized carbons (Fsp3) is 0.156. The maximum Gasteiger partial charge on any atom is 0.416 e. The number of benzene rings is 4. The zero-order valence-corrected chi connectivity index (χ0v) is 22.9. The second-order valence-electron chi connectivity index (χ2n) is 10.00. The second kappa shape index (κ2) is 11.9. The summed E-state index contributed by atoms with van der Waals surface area (Å²) in [6, 6.07) is 20.6. The third-order valence-electron chi connectivity index (χ3n) is 6.81. The van der Waals surface area contributed by atoms with Crippen LogP contribution in [-0.4, -0.2) is 21.2 Å². The number of hydrogen-bond acceptors (Lipinski definition) is 5. The number of phenols is 1. The van der Waals surface area contributed by atoms with Gasteiger partial charge in [-0.2, -0.15) is 31.3 Å². The van der Waals surface area contributed by atoms with Crippen molar-refractivity contribution in [3.05, 3.63) is 125 Å². The Labute approximate surface area is 247 Å². The lowest BCUT2D eigenvalue weighted by Gasteiger charge is -2.17. The number of alkyl halides is 6. The van der Waals surface area contributed by atoms with E-state index in [0.29, 0.717) is 18.0 Å². The van der Waals surface area contributed by atoms with Gasteiger partial charge >= 0.3 is 12.4 Å². The highest BCUT2D eigenvalue weighted by atomic mass is 19.4. The number of hydrogen-bond donors (Lipinski definition) is 2. The predicted octanol–water partition coefficient (Wildman–Crippen LogP) is 8.17. The summed E-state index contributed by atoms with van der Waals surface area (Å²) in [6.07, 6.45) is -9.92. The van der Waals surface area contributed by atoms with Gasteiger partial charge in [-0.05, 0) is 65.1 Å². The van der Waals surface area contributed by atoms with Crippen LogP contribution in [-0.2, 0) is 18.8 Å². The highest BCUT2D eigenvalue weighted by molar-refractivity contribution is 5.98. The van der Waals surface area contributed by atoms with Gasteiger partial charge < -0.3 is 14.9 Å². The van der Waals surface area contributed by atoms with Crippen molar-refractivity contribution in [1.29, 1.82) is 0 Å². The number of rotatable bonds is 7. The fourth-order valence-corrected chi connectivity index (χ4v) is 4.61. The minimum Gasteiger partial charge on any atom is -0.507 e. The van der Waals surface area contributed by atoms with Gasteiger partial charge in [0.2, 0.25) is 5.89 Å². The number of nitrogens with one attached hydrogen (secondary N) is 1. The molecule has 0 radical (unpaired) electrons. The lowest BCUT2D eigenvalue weighted by atomic mass is 9.97. The minimum absolute atomic E-state index is 0.0148. The van der Waals surface area contributed by atoms with Crippen LogP contribution in [0.2, 0.25) is 0 Å². The summed E-state index contributed by atoms with van der Waals surface area (Å²) in [4.78, 5) is 17.6. The molecule has 12 heteroatoms. The molecule has 0 saturated carbocycles. The molecule has 44 heavy (non-hydrogen) atoms. The Morgan fingerprint density at radius 1 is 0.795 bits per heavy atom. The third-order valence-corrected chi connectivity index (χ3v) is 6.81. The van der Waals surface area contributed by atoms with Crippen LogP contribution < -0.4 is 5.32 Å². The van der Waals surface area contributed by atoms with Gasteiger partial charge in [-0.3, -0.25) is 4.79 Å². The number of aromatic nitrogens is 2. The van der Waals surface area contributed by atoms with Gasteiger partial charge in [0.1, 0.15) is 11.8 Å².